The smallest absolute Gasteiger partial charge is 0.259 e. The minimum Gasteiger partial charge on any atom is -0.364 e. The number of anilines is 2. The monoisotopic (exact) mass is 314 g/mol. The van der Waals surface area contributed by atoms with Gasteiger partial charge in [-0.3, -0.25) is 4.79 Å². The average Bonchev–Trinajstić information content (AvgIpc) is 2.90. The van der Waals surface area contributed by atoms with Gasteiger partial charge < -0.3 is 10.6 Å². The SMILES string of the molecule is Cc1ccc(N[C@]2(c3ccccc3)C(=O)Nc3ccccc32)cc1. The van der Waals surface area contributed by atoms with E-state index >= 15 is 0 Å². The number of hydrogen-bond acceptors (Lipinski definition) is 2. The molecule has 2 N–H and O–H groups in total. The second-order valence-electron chi connectivity index (χ2n) is 6.11. The van der Waals surface area contributed by atoms with Gasteiger partial charge in [0.2, 0.25) is 0 Å². The Morgan fingerprint density at radius 2 is 1.50 bits per heavy atom. The van der Waals surface area contributed by atoms with Crippen molar-refractivity contribution in [3.05, 3.63) is 95.6 Å². The molecule has 0 radical (unpaired) electrons. The second kappa shape index (κ2) is 5.53. The molecule has 118 valence electrons. The van der Waals surface area contributed by atoms with Crippen LogP contribution in [0, 0.1) is 6.92 Å². The molecule has 0 saturated carbocycles. The number of nitrogens with one attached hydrogen (secondary N) is 2. The molecular formula is C21H18N2O. The summed E-state index contributed by atoms with van der Waals surface area (Å²) in [5, 5.41) is 6.51. The summed E-state index contributed by atoms with van der Waals surface area (Å²) in [6, 6.07) is 25.8. The maximum absolute atomic E-state index is 13.1. The van der Waals surface area contributed by atoms with Gasteiger partial charge in [-0.25, -0.2) is 0 Å². The highest BCUT2D eigenvalue weighted by Crippen LogP contribution is 2.43. The van der Waals surface area contributed by atoms with Gasteiger partial charge in [0.15, 0.2) is 5.54 Å². The Morgan fingerprint density at radius 3 is 2.25 bits per heavy atom. The summed E-state index contributed by atoms with van der Waals surface area (Å²) in [4.78, 5) is 13.1. The fourth-order valence-electron chi connectivity index (χ4n) is 3.28. The third-order valence-corrected chi connectivity index (χ3v) is 4.51. The lowest BCUT2D eigenvalue weighted by molar-refractivity contribution is -0.118. The lowest BCUT2D eigenvalue weighted by Crippen LogP contribution is -2.43. The molecule has 1 amide bonds. The van der Waals surface area contributed by atoms with Crippen molar-refractivity contribution < 1.29 is 4.79 Å². The molecule has 3 heteroatoms. The van der Waals surface area contributed by atoms with Crippen LogP contribution in [0.3, 0.4) is 0 Å². The van der Waals surface area contributed by atoms with E-state index in [-0.39, 0.29) is 5.91 Å². The first kappa shape index (κ1) is 14.5. The van der Waals surface area contributed by atoms with Crippen molar-refractivity contribution >= 4 is 17.3 Å². The molecular weight excluding hydrogens is 296 g/mol. The molecule has 0 bridgehead atoms. The molecule has 0 fully saturated rings. The summed E-state index contributed by atoms with van der Waals surface area (Å²) in [5.74, 6) is -0.0597. The number of rotatable bonds is 3. The molecule has 1 atom stereocenters. The van der Waals surface area contributed by atoms with Crippen LogP contribution in [0.5, 0.6) is 0 Å². The largest absolute Gasteiger partial charge is 0.364 e. The Kier molecular flexibility index (Phi) is 3.35. The summed E-state index contributed by atoms with van der Waals surface area (Å²) >= 11 is 0. The van der Waals surface area contributed by atoms with Gasteiger partial charge in [0.25, 0.3) is 5.91 Å². The molecule has 4 rings (SSSR count). The van der Waals surface area contributed by atoms with E-state index in [2.05, 4.69) is 10.6 Å². The summed E-state index contributed by atoms with van der Waals surface area (Å²) in [6.45, 7) is 2.05. The van der Waals surface area contributed by atoms with Gasteiger partial charge >= 0.3 is 0 Å². The Labute approximate surface area is 141 Å². The van der Waals surface area contributed by atoms with Crippen LogP contribution in [0.4, 0.5) is 11.4 Å². The van der Waals surface area contributed by atoms with Gasteiger partial charge in [-0.1, -0.05) is 66.2 Å². The normalized spacial score (nSPS) is 18.8. The summed E-state index contributed by atoms with van der Waals surface area (Å²) in [5.41, 5.74) is 3.90. The van der Waals surface area contributed by atoms with Gasteiger partial charge in [0, 0.05) is 16.9 Å². The van der Waals surface area contributed by atoms with Crippen molar-refractivity contribution in [2.24, 2.45) is 0 Å². The Bertz CT molecular complexity index is 887. The first-order chi connectivity index (χ1) is 11.7. The molecule has 0 aromatic heterocycles. The van der Waals surface area contributed by atoms with Crippen LogP contribution in [0.15, 0.2) is 78.9 Å². The summed E-state index contributed by atoms with van der Waals surface area (Å²) in [7, 11) is 0. The topological polar surface area (TPSA) is 41.1 Å². The van der Waals surface area contributed by atoms with Crippen molar-refractivity contribution in [3.8, 4) is 0 Å². The van der Waals surface area contributed by atoms with Crippen LogP contribution in [-0.2, 0) is 10.3 Å². The minimum atomic E-state index is -0.924. The molecule has 0 unspecified atom stereocenters. The first-order valence-electron chi connectivity index (χ1n) is 8.01. The predicted octanol–water partition coefficient (Wildman–Crippen LogP) is 4.30. The Hall–Kier alpha value is -3.07. The predicted molar refractivity (Wildman–Crippen MR) is 97.1 cm³/mol. The third kappa shape index (κ3) is 2.17. The van der Waals surface area contributed by atoms with Crippen LogP contribution in [-0.4, -0.2) is 5.91 Å². The maximum atomic E-state index is 13.1. The number of carbonyl (C=O) groups excluding carboxylic acids is 1. The van der Waals surface area contributed by atoms with Crippen LogP contribution < -0.4 is 10.6 Å². The van der Waals surface area contributed by atoms with E-state index in [0.717, 1.165) is 22.5 Å². The van der Waals surface area contributed by atoms with Crippen LogP contribution >= 0.6 is 0 Å². The highest BCUT2D eigenvalue weighted by molar-refractivity contribution is 6.10. The van der Waals surface area contributed by atoms with E-state index < -0.39 is 5.54 Å². The number of hydrogen-bond donors (Lipinski definition) is 2. The number of aryl methyl sites for hydroxylation is 1. The first-order valence-corrected chi connectivity index (χ1v) is 8.01. The van der Waals surface area contributed by atoms with Gasteiger partial charge in [0.1, 0.15) is 0 Å². The molecule has 3 nitrogen and oxygen atoms in total. The Morgan fingerprint density at radius 1 is 0.833 bits per heavy atom. The zero-order valence-corrected chi connectivity index (χ0v) is 13.4. The van der Waals surface area contributed by atoms with Gasteiger partial charge in [-0.15, -0.1) is 0 Å². The van der Waals surface area contributed by atoms with E-state index in [0.29, 0.717) is 0 Å². The molecule has 0 spiro atoms. The van der Waals surface area contributed by atoms with Crippen molar-refractivity contribution in [1.82, 2.24) is 0 Å². The number of fused-ring (bicyclic) bond motifs is 1. The third-order valence-electron chi connectivity index (χ3n) is 4.51. The standard InChI is InChI=1S/C21H18N2O/c1-15-11-13-17(14-12-15)23-21(16-7-3-2-4-8-16)18-9-5-6-10-19(18)22-20(21)24/h2-14,23H,1H3,(H,22,24)/t21-/m0/s1. The van der Waals surface area contributed by atoms with E-state index in [1.807, 2.05) is 85.8 Å². The Balaban J connectivity index is 1.91. The molecule has 0 saturated heterocycles. The molecule has 0 aliphatic carbocycles. The van der Waals surface area contributed by atoms with Gasteiger partial charge in [-0.2, -0.15) is 0 Å². The van der Waals surface area contributed by atoms with Crippen LogP contribution in [0.2, 0.25) is 0 Å². The molecule has 3 aromatic carbocycles. The van der Waals surface area contributed by atoms with Crippen molar-refractivity contribution in [3.63, 3.8) is 0 Å². The summed E-state index contributed by atoms with van der Waals surface area (Å²) < 4.78 is 0. The lowest BCUT2D eigenvalue weighted by Gasteiger charge is -2.30. The highest BCUT2D eigenvalue weighted by atomic mass is 16.2. The number of carbonyl (C=O) groups is 1. The molecule has 1 aliphatic rings. The van der Waals surface area contributed by atoms with Crippen LogP contribution in [0.1, 0.15) is 16.7 Å². The highest BCUT2D eigenvalue weighted by Gasteiger charge is 2.48. The van der Waals surface area contributed by atoms with Crippen molar-refractivity contribution in [2.75, 3.05) is 10.6 Å². The zero-order valence-electron chi connectivity index (χ0n) is 13.4. The molecule has 24 heavy (non-hydrogen) atoms. The van der Waals surface area contributed by atoms with Crippen LogP contribution in [0.25, 0.3) is 0 Å². The van der Waals surface area contributed by atoms with E-state index in [1.165, 1.54) is 5.56 Å². The van der Waals surface area contributed by atoms with Crippen molar-refractivity contribution in [1.29, 1.82) is 0 Å². The second-order valence-corrected chi connectivity index (χ2v) is 6.11. The molecule has 1 heterocycles. The average molecular weight is 314 g/mol. The molecule has 1 aliphatic heterocycles. The van der Waals surface area contributed by atoms with Gasteiger partial charge in [0.05, 0.1) is 0 Å². The quantitative estimate of drug-likeness (QED) is 0.756. The van der Waals surface area contributed by atoms with Gasteiger partial charge in [-0.05, 0) is 30.7 Å². The number of para-hydroxylation sites is 1. The maximum Gasteiger partial charge on any atom is 0.259 e. The lowest BCUT2D eigenvalue weighted by atomic mass is 9.83. The van der Waals surface area contributed by atoms with E-state index in [4.69, 9.17) is 0 Å². The fraction of sp³-hybridized carbons (Fsp3) is 0.0952. The van der Waals surface area contributed by atoms with E-state index in [9.17, 15) is 4.79 Å². The zero-order chi connectivity index (χ0) is 16.6. The molecule has 3 aromatic rings. The van der Waals surface area contributed by atoms with E-state index in [1.54, 1.807) is 0 Å². The number of amides is 1. The minimum absolute atomic E-state index is 0.0597. The fourth-order valence-corrected chi connectivity index (χ4v) is 3.28. The van der Waals surface area contributed by atoms with Crippen molar-refractivity contribution in [2.45, 2.75) is 12.5 Å². The summed E-state index contributed by atoms with van der Waals surface area (Å²) in [6.07, 6.45) is 0. The number of benzene rings is 3.